The maximum atomic E-state index is 12.7. The van der Waals surface area contributed by atoms with Crippen LogP contribution in [-0.2, 0) is 11.3 Å². The second-order valence-electron chi connectivity index (χ2n) is 5.34. The maximum absolute atomic E-state index is 12.7. The van der Waals surface area contributed by atoms with Crippen molar-refractivity contribution < 1.29 is 4.79 Å². The van der Waals surface area contributed by atoms with Crippen LogP contribution in [0.1, 0.15) is 17.0 Å². The number of anilines is 1. The molecule has 0 aromatic heterocycles. The summed E-state index contributed by atoms with van der Waals surface area (Å²) >= 11 is 1.77. The van der Waals surface area contributed by atoms with Crippen LogP contribution in [-0.4, -0.2) is 23.6 Å². The van der Waals surface area contributed by atoms with Gasteiger partial charge >= 0.3 is 0 Å². The average Bonchev–Trinajstić information content (AvgIpc) is 2.92. The SMILES string of the molecule is CN(Cc1ccc(N)cc1)C(=O)C1CSc2ccccc21. The van der Waals surface area contributed by atoms with Crippen LogP contribution >= 0.6 is 11.8 Å². The number of carbonyl (C=O) groups excluding carboxylic acids is 1. The van der Waals surface area contributed by atoms with Crippen molar-refractivity contribution in [3.8, 4) is 0 Å². The number of nitrogens with zero attached hydrogens (tertiary/aromatic N) is 1. The van der Waals surface area contributed by atoms with Gasteiger partial charge < -0.3 is 10.6 Å². The van der Waals surface area contributed by atoms with Crippen molar-refractivity contribution in [3.05, 3.63) is 59.7 Å². The number of hydrogen-bond acceptors (Lipinski definition) is 3. The molecule has 1 unspecified atom stereocenters. The summed E-state index contributed by atoms with van der Waals surface area (Å²) in [5, 5.41) is 0. The highest BCUT2D eigenvalue weighted by Crippen LogP contribution is 2.40. The van der Waals surface area contributed by atoms with Crippen LogP contribution in [0.2, 0.25) is 0 Å². The third-order valence-electron chi connectivity index (χ3n) is 3.77. The first-order valence-electron chi connectivity index (χ1n) is 6.96. The van der Waals surface area contributed by atoms with Gasteiger partial charge in [0.15, 0.2) is 0 Å². The molecule has 3 rings (SSSR count). The number of likely N-dealkylation sites (N-methyl/N-ethyl adjacent to an activating group) is 1. The number of amides is 1. The number of rotatable bonds is 3. The molecule has 0 radical (unpaired) electrons. The van der Waals surface area contributed by atoms with Crippen molar-refractivity contribution in [3.63, 3.8) is 0 Å². The van der Waals surface area contributed by atoms with E-state index < -0.39 is 0 Å². The van der Waals surface area contributed by atoms with Gasteiger partial charge in [-0.3, -0.25) is 4.79 Å². The van der Waals surface area contributed by atoms with Crippen LogP contribution < -0.4 is 5.73 Å². The molecule has 1 amide bonds. The fourth-order valence-electron chi connectivity index (χ4n) is 2.61. The van der Waals surface area contributed by atoms with E-state index >= 15 is 0 Å². The Balaban J connectivity index is 1.72. The Labute approximate surface area is 129 Å². The molecule has 4 heteroatoms. The van der Waals surface area contributed by atoms with Crippen LogP contribution in [0.3, 0.4) is 0 Å². The van der Waals surface area contributed by atoms with Gasteiger partial charge in [-0.2, -0.15) is 0 Å². The summed E-state index contributed by atoms with van der Waals surface area (Å²) in [6, 6.07) is 15.9. The molecule has 0 saturated heterocycles. The van der Waals surface area contributed by atoms with Gasteiger partial charge in [0.25, 0.3) is 0 Å². The first kappa shape index (κ1) is 14.0. The van der Waals surface area contributed by atoms with E-state index in [9.17, 15) is 4.79 Å². The number of carbonyl (C=O) groups is 1. The molecule has 1 atom stereocenters. The van der Waals surface area contributed by atoms with Gasteiger partial charge in [-0.05, 0) is 29.3 Å². The van der Waals surface area contributed by atoms with Crippen molar-refractivity contribution in [2.75, 3.05) is 18.5 Å². The number of fused-ring (bicyclic) bond motifs is 1. The normalized spacial score (nSPS) is 16.5. The van der Waals surface area contributed by atoms with Gasteiger partial charge in [-0.15, -0.1) is 11.8 Å². The standard InChI is InChI=1S/C17H18N2OS/c1-19(10-12-6-8-13(18)9-7-12)17(20)15-11-21-16-5-3-2-4-14(15)16/h2-9,15H,10-11,18H2,1H3. The lowest BCUT2D eigenvalue weighted by atomic mass is 10.00. The minimum Gasteiger partial charge on any atom is -0.399 e. The fourth-order valence-corrected chi connectivity index (χ4v) is 3.83. The zero-order valence-corrected chi connectivity index (χ0v) is 12.8. The van der Waals surface area contributed by atoms with Gasteiger partial charge in [0.2, 0.25) is 5.91 Å². The number of thioether (sulfide) groups is 1. The lowest BCUT2D eigenvalue weighted by Gasteiger charge is -2.21. The molecule has 1 aliphatic heterocycles. The lowest BCUT2D eigenvalue weighted by Crippen LogP contribution is -2.31. The predicted octanol–water partition coefficient (Wildman–Crippen LogP) is 3.12. The van der Waals surface area contributed by atoms with Gasteiger partial charge in [0.05, 0.1) is 5.92 Å². The highest BCUT2D eigenvalue weighted by molar-refractivity contribution is 7.99. The molecule has 2 aromatic carbocycles. The zero-order chi connectivity index (χ0) is 14.8. The largest absolute Gasteiger partial charge is 0.399 e. The Bertz CT molecular complexity index is 654. The second-order valence-corrected chi connectivity index (χ2v) is 6.40. The summed E-state index contributed by atoms with van der Waals surface area (Å²) in [6.07, 6.45) is 0. The number of hydrogen-bond donors (Lipinski definition) is 1. The molecule has 0 spiro atoms. The van der Waals surface area contributed by atoms with Crippen LogP contribution in [0.5, 0.6) is 0 Å². The topological polar surface area (TPSA) is 46.3 Å². The van der Waals surface area contributed by atoms with E-state index in [0.717, 1.165) is 22.6 Å². The number of benzene rings is 2. The van der Waals surface area contributed by atoms with Gasteiger partial charge in [0, 0.05) is 29.9 Å². The molecular formula is C17H18N2OS. The molecule has 108 valence electrons. The number of nitrogens with two attached hydrogens (primary N) is 1. The molecule has 0 fully saturated rings. The Hall–Kier alpha value is -1.94. The molecular weight excluding hydrogens is 280 g/mol. The van der Waals surface area contributed by atoms with Crippen molar-refractivity contribution in [2.24, 2.45) is 0 Å². The average molecular weight is 298 g/mol. The Morgan fingerprint density at radius 3 is 2.71 bits per heavy atom. The minimum absolute atomic E-state index is 0.0232. The zero-order valence-electron chi connectivity index (χ0n) is 12.0. The summed E-state index contributed by atoms with van der Waals surface area (Å²) in [5.74, 6) is 0.999. The van der Waals surface area contributed by atoms with Crippen molar-refractivity contribution in [1.29, 1.82) is 0 Å². The summed E-state index contributed by atoms with van der Waals surface area (Å²) in [7, 11) is 1.87. The Morgan fingerprint density at radius 1 is 1.24 bits per heavy atom. The highest BCUT2D eigenvalue weighted by atomic mass is 32.2. The Kier molecular flexibility index (Phi) is 3.88. The molecule has 21 heavy (non-hydrogen) atoms. The summed E-state index contributed by atoms with van der Waals surface area (Å²) in [5.41, 5.74) is 8.69. The molecule has 0 saturated carbocycles. The Morgan fingerprint density at radius 2 is 1.95 bits per heavy atom. The fraction of sp³-hybridized carbons (Fsp3) is 0.235. The molecule has 2 aromatic rings. The van der Waals surface area contributed by atoms with E-state index in [2.05, 4.69) is 12.1 Å². The molecule has 1 heterocycles. The molecule has 2 N–H and O–H groups in total. The van der Waals surface area contributed by atoms with E-state index in [1.807, 2.05) is 43.4 Å². The van der Waals surface area contributed by atoms with E-state index in [-0.39, 0.29) is 11.8 Å². The molecule has 0 bridgehead atoms. The molecule has 3 nitrogen and oxygen atoms in total. The third-order valence-corrected chi connectivity index (χ3v) is 4.96. The van der Waals surface area contributed by atoms with Crippen molar-refractivity contribution in [2.45, 2.75) is 17.4 Å². The molecule has 0 aliphatic carbocycles. The minimum atomic E-state index is -0.0232. The summed E-state index contributed by atoms with van der Waals surface area (Å²) in [4.78, 5) is 15.7. The van der Waals surface area contributed by atoms with Gasteiger partial charge in [0.1, 0.15) is 0 Å². The van der Waals surface area contributed by atoms with E-state index in [4.69, 9.17) is 5.73 Å². The van der Waals surface area contributed by atoms with Crippen LogP contribution in [0.15, 0.2) is 53.4 Å². The van der Waals surface area contributed by atoms with Crippen LogP contribution in [0.4, 0.5) is 5.69 Å². The highest BCUT2D eigenvalue weighted by Gasteiger charge is 2.30. The summed E-state index contributed by atoms with van der Waals surface area (Å²) < 4.78 is 0. The van der Waals surface area contributed by atoms with Gasteiger partial charge in [-0.1, -0.05) is 30.3 Å². The second kappa shape index (κ2) is 5.82. The smallest absolute Gasteiger partial charge is 0.231 e. The van der Waals surface area contributed by atoms with E-state index in [1.165, 1.54) is 4.90 Å². The van der Waals surface area contributed by atoms with Crippen molar-refractivity contribution >= 4 is 23.4 Å². The quantitative estimate of drug-likeness (QED) is 0.886. The van der Waals surface area contributed by atoms with Crippen LogP contribution in [0, 0.1) is 0 Å². The van der Waals surface area contributed by atoms with E-state index in [1.54, 1.807) is 16.7 Å². The first-order chi connectivity index (χ1) is 10.1. The van der Waals surface area contributed by atoms with Gasteiger partial charge in [-0.25, -0.2) is 0 Å². The number of nitrogen functional groups attached to an aromatic ring is 1. The lowest BCUT2D eigenvalue weighted by molar-refractivity contribution is -0.131. The van der Waals surface area contributed by atoms with Crippen LogP contribution in [0.25, 0.3) is 0 Å². The van der Waals surface area contributed by atoms with Crippen molar-refractivity contribution in [1.82, 2.24) is 4.90 Å². The maximum Gasteiger partial charge on any atom is 0.231 e. The monoisotopic (exact) mass is 298 g/mol. The predicted molar refractivity (Wildman–Crippen MR) is 87.2 cm³/mol. The first-order valence-corrected chi connectivity index (χ1v) is 7.95. The van der Waals surface area contributed by atoms with E-state index in [0.29, 0.717) is 6.54 Å². The molecule has 1 aliphatic rings. The summed E-state index contributed by atoms with van der Waals surface area (Å²) in [6.45, 7) is 0.614. The third kappa shape index (κ3) is 2.90.